The molecule has 3 unspecified atom stereocenters. The van der Waals surface area contributed by atoms with E-state index < -0.39 is 30.0 Å². The zero-order valence-corrected chi connectivity index (χ0v) is 15.1. The zero-order chi connectivity index (χ0) is 18.1. The SMILES string of the molecule is CC1(C)CCC[C@]2(C)C3Cc4occc4[C@@H](C(=O)O)C3[C@@H](O)[C@H](O)C12. The van der Waals surface area contributed by atoms with Gasteiger partial charge in [0.2, 0.25) is 0 Å². The van der Waals surface area contributed by atoms with Gasteiger partial charge in [0.1, 0.15) is 5.76 Å². The largest absolute Gasteiger partial charge is 0.481 e. The molecule has 1 heterocycles. The highest BCUT2D eigenvalue weighted by molar-refractivity contribution is 5.77. The lowest BCUT2D eigenvalue weighted by atomic mass is 9.42. The van der Waals surface area contributed by atoms with Crippen molar-refractivity contribution in [3.05, 3.63) is 23.7 Å². The molecule has 138 valence electrons. The van der Waals surface area contributed by atoms with Gasteiger partial charge in [0, 0.05) is 17.9 Å². The highest BCUT2D eigenvalue weighted by Crippen LogP contribution is 2.64. The Hall–Kier alpha value is -1.33. The Bertz CT molecular complexity index is 692. The molecule has 5 nitrogen and oxygen atoms in total. The summed E-state index contributed by atoms with van der Waals surface area (Å²) in [4.78, 5) is 12.1. The average molecular weight is 348 g/mol. The molecular weight excluding hydrogens is 320 g/mol. The van der Waals surface area contributed by atoms with Gasteiger partial charge in [-0.15, -0.1) is 0 Å². The Kier molecular flexibility index (Phi) is 3.65. The highest BCUT2D eigenvalue weighted by Gasteiger charge is 2.64. The third-order valence-electron chi connectivity index (χ3n) is 7.66. The maximum Gasteiger partial charge on any atom is 0.311 e. The van der Waals surface area contributed by atoms with Gasteiger partial charge < -0.3 is 19.7 Å². The summed E-state index contributed by atoms with van der Waals surface area (Å²) in [6, 6.07) is 1.71. The van der Waals surface area contributed by atoms with Crippen LogP contribution in [0.3, 0.4) is 0 Å². The topological polar surface area (TPSA) is 90.9 Å². The van der Waals surface area contributed by atoms with E-state index in [1.807, 2.05) is 0 Å². The minimum absolute atomic E-state index is 0.00442. The van der Waals surface area contributed by atoms with Crippen molar-refractivity contribution in [2.75, 3.05) is 0 Å². The van der Waals surface area contributed by atoms with Crippen molar-refractivity contribution in [2.24, 2.45) is 28.6 Å². The monoisotopic (exact) mass is 348 g/mol. The second-order valence-corrected chi connectivity index (χ2v) is 9.31. The van der Waals surface area contributed by atoms with Gasteiger partial charge in [-0.1, -0.05) is 27.2 Å². The first kappa shape index (κ1) is 17.1. The number of furan rings is 1. The maximum absolute atomic E-state index is 12.1. The van der Waals surface area contributed by atoms with Crippen molar-refractivity contribution in [2.45, 2.75) is 64.6 Å². The zero-order valence-electron chi connectivity index (χ0n) is 15.1. The molecule has 0 aliphatic heterocycles. The summed E-state index contributed by atoms with van der Waals surface area (Å²) in [7, 11) is 0. The van der Waals surface area contributed by atoms with Crippen LogP contribution in [0.15, 0.2) is 16.7 Å². The molecular formula is C20H28O5. The predicted molar refractivity (Wildman–Crippen MR) is 91.0 cm³/mol. The van der Waals surface area contributed by atoms with Crippen LogP contribution in [-0.4, -0.2) is 33.5 Å². The number of hydrogen-bond acceptors (Lipinski definition) is 4. The third kappa shape index (κ3) is 2.18. The van der Waals surface area contributed by atoms with Crippen LogP contribution in [-0.2, 0) is 11.2 Å². The first-order valence-electron chi connectivity index (χ1n) is 9.33. The van der Waals surface area contributed by atoms with E-state index in [0.717, 1.165) is 25.0 Å². The lowest BCUT2D eigenvalue weighted by Crippen LogP contribution is -2.65. The van der Waals surface area contributed by atoms with E-state index in [4.69, 9.17) is 4.42 Å². The number of aliphatic hydroxyl groups is 2. The minimum atomic E-state index is -1.02. The quantitative estimate of drug-likeness (QED) is 0.726. The molecule has 3 aliphatic carbocycles. The predicted octanol–water partition coefficient (Wildman–Crippen LogP) is 2.80. The van der Waals surface area contributed by atoms with Crippen LogP contribution in [0.4, 0.5) is 0 Å². The van der Waals surface area contributed by atoms with Crippen LogP contribution in [0.1, 0.15) is 57.3 Å². The smallest absolute Gasteiger partial charge is 0.311 e. The molecule has 0 saturated heterocycles. The molecule has 2 fully saturated rings. The van der Waals surface area contributed by atoms with Crippen LogP contribution in [0.2, 0.25) is 0 Å². The van der Waals surface area contributed by atoms with Gasteiger partial charge in [-0.25, -0.2) is 0 Å². The molecule has 1 aromatic heterocycles. The van der Waals surface area contributed by atoms with Crippen molar-refractivity contribution < 1.29 is 24.5 Å². The van der Waals surface area contributed by atoms with Crippen LogP contribution < -0.4 is 0 Å². The summed E-state index contributed by atoms with van der Waals surface area (Å²) in [5.74, 6) is -1.56. The normalized spacial score (nSPS) is 45.2. The second-order valence-electron chi connectivity index (χ2n) is 9.31. The number of carboxylic acids is 1. The van der Waals surface area contributed by atoms with E-state index in [1.165, 1.54) is 0 Å². The number of rotatable bonds is 1. The molecule has 2 saturated carbocycles. The number of fused-ring (bicyclic) bond motifs is 4. The van der Waals surface area contributed by atoms with Crippen LogP contribution in [0.25, 0.3) is 0 Å². The van der Waals surface area contributed by atoms with Gasteiger partial charge in [0.15, 0.2) is 0 Å². The van der Waals surface area contributed by atoms with E-state index in [0.29, 0.717) is 12.0 Å². The Balaban J connectivity index is 1.87. The fourth-order valence-electron chi connectivity index (χ4n) is 6.80. The molecule has 0 spiro atoms. The first-order valence-corrected chi connectivity index (χ1v) is 9.33. The summed E-state index contributed by atoms with van der Waals surface area (Å²) >= 11 is 0. The molecule has 0 amide bonds. The van der Waals surface area contributed by atoms with Crippen molar-refractivity contribution in [1.29, 1.82) is 0 Å². The third-order valence-corrected chi connectivity index (χ3v) is 7.66. The summed E-state index contributed by atoms with van der Waals surface area (Å²) < 4.78 is 5.62. The number of aliphatic hydroxyl groups excluding tert-OH is 2. The molecule has 3 N–H and O–H groups in total. The molecule has 25 heavy (non-hydrogen) atoms. The maximum atomic E-state index is 12.1. The average Bonchev–Trinajstić information content (AvgIpc) is 2.97. The Morgan fingerprint density at radius 1 is 1.20 bits per heavy atom. The van der Waals surface area contributed by atoms with Gasteiger partial charge in [-0.3, -0.25) is 4.79 Å². The molecule has 5 heteroatoms. The summed E-state index contributed by atoms with van der Waals surface area (Å²) in [5, 5.41) is 31.9. The number of hydrogen-bond donors (Lipinski definition) is 3. The summed E-state index contributed by atoms with van der Waals surface area (Å²) in [6.45, 7) is 6.53. The number of carbonyl (C=O) groups is 1. The van der Waals surface area contributed by atoms with Gasteiger partial charge in [-0.05, 0) is 41.6 Å². The number of aliphatic carboxylic acids is 1. The molecule has 0 radical (unpaired) electrons. The van der Waals surface area contributed by atoms with E-state index in [2.05, 4.69) is 20.8 Å². The van der Waals surface area contributed by atoms with Crippen LogP contribution >= 0.6 is 0 Å². The van der Waals surface area contributed by atoms with E-state index in [-0.39, 0.29) is 22.7 Å². The molecule has 4 rings (SSSR count). The molecule has 0 aromatic carbocycles. The fraction of sp³-hybridized carbons (Fsp3) is 0.750. The van der Waals surface area contributed by atoms with E-state index >= 15 is 0 Å². The fourth-order valence-corrected chi connectivity index (χ4v) is 6.80. The standard InChI is InChI=1S/C20H28O5/c1-19(2)6-4-7-20(3)11-9-12-10(5-8-25-12)13(18(23)24)14(11)15(21)16(22)17(19)20/h5,8,11,13-17,21-22H,4,6-7,9H2,1-3H3,(H,23,24)/t11?,13-,14?,15-,16+,17?,20-/m1/s1. The molecule has 7 atom stereocenters. The molecule has 0 bridgehead atoms. The van der Waals surface area contributed by atoms with Gasteiger partial charge in [0.25, 0.3) is 0 Å². The minimum Gasteiger partial charge on any atom is -0.481 e. The summed E-state index contributed by atoms with van der Waals surface area (Å²) in [5.41, 5.74) is 0.376. The lowest BCUT2D eigenvalue weighted by molar-refractivity contribution is -0.218. The van der Waals surface area contributed by atoms with E-state index in [9.17, 15) is 20.1 Å². The molecule has 3 aliphatic rings. The van der Waals surface area contributed by atoms with Crippen molar-refractivity contribution in [3.8, 4) is 0 Å². The Morgan fingerprint density at radius 2 is 1.92 bits per heavy atom. The molecule has 1 aromatic rings. The van der Waals surface area contributed by atoms with E-state index in [1.54, 1.807) is 12.3 Å². The van der Waals surface area contributed by atoms with Gasteiger partial charge in [-0.2, -0.15) is 0 Å². The first-order chi connectivity index (χ1) is 11.7. The van der Waals surface area contributed by atoms with Crippen molar-refractivity contribution >= 4 is 5.97 Å². The number of carboxylic acid groups (broad SMARTS) is 1. The van der Waals surface area contributed by atoms with Crippen molar-refractivity contribution in [1.82, 2.24) is 0 Å². The van der Waals surface area contributed by atoms with Crippen LogP contribution in [0.5, 0.6) is 0 Å². The van der Waals surface area contributed by atoms with Gasteiger partial charge in [0.05, 0.1) is 24.4 Å². The lowest BCUT2D eigenvalue weighted by Gasteiger charge is -2.63. The summed E-state index contributed by atoms with van der Waals surface area (Å²) in [6.07, 6.45) is 3.31. The van der Waals surface area contributed by atoms with Gasteiger partial charge >= 0.3 is 5.97 Å². The van der Waals surface area contributed by atoms with Crippen LogP contribution in [0, 0.1) is 28.6 Å². The Labute approximate surface area is 148 Å². The second kappa shape index (κ2) is 5.34. The van der Waals surface area contributed by atoms with Crippen molar-refractivity contribution in [3.63, 3.8) is 0 Å². The Morgan fingerprint density at radius 3 is 2.60 bits per heavy atom. The highest BCUT2D eigenvalue weighted by atomic mass is 16.4.